The van der Waals surface area contributed by atoms with E-state index in [1.54, 1.807) is 23.0 Å². The number of cyclic esters (lactones) is 2. The van der Waals surface area contributed by atoms with E-state index in [0.29, 0.717) is 0 Å². The minimum atomic E-state index is -0.682. The van der Waals surface area contributed by atoms with E-state index in [9.17, 15) is 9.59 Å². The largest absolute Gasteiger partial charge is 0.391 e. The van der Waals surface area contributed by atoms with Crippen LogP contribution in [-0.4, -0.2) is 18.0 Å². The van der Waals surface area contributed by atoms with Crippen LogP contribution in [0.1, 0.15) is 6.42 Å². The fourth-order valence-corrected chi connectivity index (χ4v) is 0.910. The minimum Gasteiger partial charge on any atom is -0.391 e. The zero-order valence-electron chi connectivity index (χ0n) is 4.30. The van der Waals surface area contributed by atoms with E-state index in [1.807, 2.05) is 0 Å². The van der Waals surface area contributed by atoms with Crippen molar-refractivity contribution in [2.24, 2.45) is 0 Å². The van der Waals surface area contributed by atoms with Gasteiger partial charge in [0.25, 0.3) is 0 Å². The van der Waals surface area contributed by atoms with Crippen LogP contribution in [0.2, 0.25) is 0 Å². The molecular weight excluding hydrogens is 239 g/mol. The number of ether oxygens (including phenoxy) is 1. The highest BCUT2D eigenvalue weighted by Crippen LogP contribution is 2.13. The summed E-state index contributed by atoms with van der Waals surface area (Å²) < 4.78 is 8.73. The third kappa shape index (κ3) is 1.39. The van der Waals surface area contributed by atoms with Crippen LogP contribution in [0.5, 0.6) is 0 Å². The fraction of sp³-hybridized carbons (Fsp3) is 0.500. The van der Waals surface area contributed by atoms with Crippen molar-refractivity contribution in [1.82, 2.24) is 0 Å². The van der Waals surface area contributed by atoms with Crippen LogP contribution in [0.3, 0.4) is 0 Å². The molecule has 0 N–H and O–H groups in total. The van der Waals surface area contributed by atoms with Gasteiger partial charge in [0.05, 0.1) is 6.42 Å². The fourth-order valence-electron chi connectivity index (χ4n) is 0.522. The first-order valence-electron chi connectivity index (χ1n) is 2.26. The second kappa shape index (κ2) is 2.61. The van der Waals surface area contributed by atoms with E-state index in [0.717, 1.165) is 0 Å². The van der Waals surface area contributed by atoms with Crippen LogP contribution in [-0.2, 0) is 17.4 Å². The third-order valence-electron chi connectivity index (χ3n) is 0.937. The number of esters is 2. The van der Waals surface area contributed by atoms with E-state index in [1.165, 1.54) is 0 Å². The Bertz CT molecular complexity index is 155. The van der Waals surface area contributed by atoms with Crippen LogP contribution in [0.4, 0.5) is 0 Å². The highest BCUT2D eigenvalue weighted by molar-refractivity contribution is 14.1. The molecular formula is C4H3IO4. The predicted octanol–water partition coefficient (Wildman–Crippen LogP) is 0.195. The van der Waals surface area contributed by atoms with Crippen molar-refractivity contribution in [2.45, 2.75) is 12.5 Å². The zero-order valence-corrected chi connectivity index (χ0v) is 6.45. The van der Waals surface area contributed by atoms with E-state index >= 15 is 0 Å². The first-order chi connectivity index (χ1) is 4.24. The van der Waals surface area contributed by atoms with Crippen LogP contribution in [0.25, 0.3) is 0 Å². The molecule has 1 unspecified atom stereocenters. The molecule has 0 saturated carbocycles. The quantitative estimate of drug-likeness (QED) is 0.374. The van der Waals surface area contributed by atoms with Crippen LogP contribution < -0.4 is 0 Å². The lowest BCUT2D eigenvalue weighted by atomic mass is 10.3. The molecule has 5 heteroatoms. The topological polar surface area (TPSA) is 52.6 Å². The molecule has 1 atom stereocenters. The normalized spacial score (nSPS) is 26.6. The van der Waals surface area contributed by atoms with Crippen molar-refractivity contribution in [3.05, 3.63) is 0 Å². The smallest absolute Gasteiger partial charge is 0.344 e. The molecule has 0 radical (unpaired) electrons. The van der Waals surface area contributed by atoms with E-state index in [2.05, 4.69) is 7.80 Å². The Morgan fingerprint density at radius 3 is 2.56 bits per heavy atom. The second-order valence-electron chi connectivity index (χ2n) is 1.57. The molecule has 0 aromatic carbocycles. The number of rotatable bonds is 1. The number of carbonyl (C=O) groups excluding carboxylic acids is 2. The van der Waals surface area contributed by atoms with E-state index in [4.69, 9.17) is 0 Å². The summed E-state index contributed by atoms with van der Waals surface area (Å²) in [6.07, 6.45) is -0.639. The first kappa shape index (κ1) is 6.94. The highest BCUT2D eigenvalue weighted by atomic mass is 127. The van der Waals surface area contributed by atoms with Crippen molar-refractivity contribution < 1.29 is 17.4 Å². The molecule has 1 heterocycles. The van der Waals surface area contributed by atoms with Gasteiger partial charge in [-0.25, -0.2) is 4.79 Å². The molecule has 0 bridgehead atoms. The molecule has 0 aromatic rings. The average Bonchev–Trinajstić information content (AvgIpc) is 2.10. The maximum atomic E-state index is 10.4. The molecule has 0 aliphatic carbocycles. The van der Waals surface area contributed by atoms with Gasteiger partial charge in [0, 0.05) is 0 Å². The van der Waals surface area contributed by atoms with Gasteiger partial charge in [-0.05, 0) is 0 Å². The number of halogens is 1. The number of hydrogen-bond acceptors (Lipinski definition) is 4. The Labute approximate surface area is 65.2 Å². The van der Waals surface area contributed by atoms with Crippen molar-refractivity contribution in [2.75, 3.05) is 0 Å². The summed E-state index contributed by atoms with van der Waals surface area (Å²) in [6, 6.07) is 0. The van der Waals surface area contributed by atoms with Crippen molar-refractivity contribution in [1.29, 1.82) is 0 Å². The lowest BCUT2D eigenvalue weighted by molar-refractivity contribution is -0.153. The molecule has 1 aliphatic heterocycles. The summed E-state index contributed by atoms with van der Waals surface area (Å²) in [5.74, 6) is -1.10. The Kier molecular flexibility index (Phi) is 2.01. The molecule has 0 amide bonds. The van der Waals surface area contributed by atoms with Gasteiger partial charge in [-0.2, -0.15) is 0 Å². The maximum Gasteiger partial charge on any atom is 0.344 e. The lowest BCUT2D eigenvalue weighted by Crippen LogP contribution is -2.13. The molecule has 1 saturated heterocycles. The summed E-state index contributed by atoms with van der Waals surface area (Å²) in [5, 5.41) is 0. The maximum absolute atomic E-state index is 10.4. The Hall–Kier alpha value is -0.170. The van der Waals surface area contributed by atoms with Gasteiger partial charge < -0.3 is 4.74 Å². The Morgan fingerprint density at radius 2 is 2.33 bits per heavy atom. The van der Waals surface area contributed by atoms with E-state index < -0.39 is 18.0 Å². The van der Waals surface area contributed by atoms with Crippen molar-refractivity contribution in [3.63, 3.8) is 0 Å². The summed E-state index contributed by atoms with van der Waals surface area (Å²) in [6.45, 7) is 0. The van der Waals surface area contributed by atoms with Crippen molar-refractivity contribution >= 4 is 34.9 Å². The Balaban J connectivity index is 2.58. The standard InChI is InChI=1S/C4H3IO4/c5-9-2-1-3(6)8-4(2)7/h2H,1H2. The van der Waals surface area contributed by atoms with Crippen LogP contribution >= 0.6 is 23.0 Å². The summed E-state index contributed by atoms with van der Waals surface area (Å²) in [5.41, 5.74) is 0. The summed E-state index contributed by atoms with van der Waals surface area (Å²) in [4.78, 5) is 20.7. The van der Waals surface area contributed by atoms with Gasteiger partial charge in [-0.15, -0.1) is 0 Å². The van der Waals surface area contributed by atoms with Gasteiger partial charge in [-0.3, -0.25) is 7.86 Å². The molecule has 4 nitrogen and oxygen atoms in total. The molecule has 0 spiro atoms. The molecule has 1 aliphatic rings. The second-order valence-corrected chi connectivity index (χ2v) is 2.08. The molecule has 0 aromatic heterocycles. The summed E-state index contributed by atoms with van der Waals surface area (Å²) >= 11 is 1.56. The predicted molar refractivity (Wildman–Crippen MR) is 34.6 cm³/mol. The van der Waals surface area contributed by atoms with Gasteiger partial charge in [0.15, 0.2) is 6.10 Å². The third-order valence-corrected chi connectivity index (χ3v) is 1.55. The highest BCUT2D eigenvalue weighted by Gasteiger charge is 2.33. The van der Waals surface area contributed by atoms with Crippen LogP contribution in [0.15, 0.2) is 0 Å². The molecule has 1 rings (SSSR count). The van der Waals surface area contributed by atoms with Crippen molar-refractivity contribution in [3.8, 4) is 0 Å². The SMILES string of the molecule is O=C1CC(OI)C(=O)O1. The summed E-state index contributed by atoms with van der Waals surface area (Å²) in [7, 11) is 0. The first-order valence-corrected chi connectivity index (χ1v) is 3.14. The molecule has 9 heavy (non-hydrogen) atoms. The zero-order chi connectivity index (χ0) is 6.85. The van der Waals surface area contributed by atoms with Gasteiger partial charge in [-0.1, -0.05) is 0 Å². The lowest BCUT2D eigenvalue weighted by Gasteiger charge is -1.94. The van der Waals surface area contributed by atoms with Gasteiger partial charge in [0.1, 0.15) is 23.0 Å². The molecule has 1 fully saturated rings. The average molecular weight is 242 g/mol. The van der Waals surface area contributed by atoms with Gasteiger partial charge in [0.2, 0.25) is 0 Å². The number of hydrogen-bond donors (Lipinski definition) is 0. The van der Waals surface area contributed by atoms with E-state index in [-0.39, 0.29) is 6.42 Å². The van der Waals surface area contributed by atoms with Gasteiger partial charge >= 0.3 is 11.9 Å². The monoisotopic (exact) mass is 242 g/mol. The molecule has 50 valence electrons. The number of carbonyl (C=O) groups is 2. The van der Waals surface area contributed by atoms with Crippen LogP contribution in [0, 0.1) is 0 Å². The Morgan fingerprint density at radius 1 is 1.67 bits per heavy atom. The minimum absolute atomic E-state index is 0.0434.